The monoisotopic (exact) mass is 477 g/mol. The van der Waals surface area contributed by atoms with Crippen molar-refractivity contribution in [3.05, 3.63) is 82.0 Å². The van der Waals surface area contributed by atoms with Crippen LogP contribution in [0.4, 0.5) is 4.79 Å². The van der Waals surface area contributed by atoms with E-state index in [0.29, 0.717) is 30.3 Å². The van der Waals surface area contributed by atoms with Crippen molar-refractivity contribution in [2.45, 2.75) is 18.5 Å². The molecular formula is C25H23N3O5S. The average molecular weight is 478 g/mol. The van der Waals surface area contributed by atoms with Gasteiger partial charge in [0.2, 0.25) is 5.91 Å². The zero-order valence-electron chi connectivity index (χ0n) is 18.4. The fraction of sp³-hybridized carbons (Fsp3) is 0.240. The first kappa shape index (κ1) is 22.0. The Bertz CT molecular complexity index is 1230. The number of nitrogens with one attached hydrogen (secondary N) is 2. The molecule has 2 aromatic carbocycles. The van der Waals surface area contributed by atoms with Gasteiger partial charge in [0.05, 0.1) is 6.04 Å². The van der Waals surface area contributed by atoms with E-state index in [0.717, 1.165) is 15.3 Å². The largest absolute Gasteiger partial charge is 0.486 e. The van der Waals surface area contributed by atoms with E-state index in [1.807, 2.05) is 47.8 Å². The van der Waals surface area contributed by atoms with Crippen LogP contribution in [0.2, 0.25) is 0 Å². The highest BCUT2D eigenvalue weighted by Gasteiger charge is 2.50. The molecule has 4 amide bonds. The summed E-state index contributed by atoms with van der Waals surface area (Å²) < 4.78 is 11.2. The van der Waals surface area contributed by atoms with Gasteiger partial charge in [0.15, 0.2) is 11.5 Å². The molecule has 2 N–H and O–H groups in total. The highest BCUT2D eigenvalue weighted by Crippen LogP contribution is 2.37. The maximum absolute atomic E-state index is 13.3. The summed E-state index contributed by atoms with van der Waals surface area (Å²) in [5.74, 6) is 0.172. The lowest BCUT2D eigenvalue weighted by molar-refractivity contribution is -0.135. The van der Waals surface area contributed by atoms with Crippen LogP contribution in [-0.2, 0) is 15.1 Å². The predicted molar refractivity (Wildman–Crippen MR) is 126 cm³/mol. The van der Waals surface area contributed by atoms with E-state index in [4.69, 9.17) is 9.47 Å². The summed E-state index contributed by atoms with van der Waals surface area (Å²) in [6.45, 7) is 2.10. The second-order valence-corrected chi connectivity index (χ2v) is 9.21. The van der Waals surface area contributed by atoms with Crippen molar-refractivity contribution < 1.29 is 23.9 Å². The molecule has 1 saturated heterocycles. The first-order chi connectivity index (χ1) is 16.5. The Morgan fingerprint density at radius 1 is 1.09 bits per heavy atom. The predicted octanol–water partition coefficient (Wildman–Crippen LogP) is 3.19. The number of benzene rings is 2. The molecule has 0 unspecified atom stereocenters. The summed E-state index contributed by atoms with van der Waals surface area (Å²) in [5.41, 5.74) is 0.148. The van der Waals surface area contributed by atoms with Gasteiger partial charge >= 0.3 is 6.03 Å². The van der Waals surface area contributed by atoms with Gasteiger partial charge in [0, 0.05) is 4.88 Å². The molecule has 0 aliphatic carbocycles. The number of carbonyl (C=O) groups excluding carboxylic acids is 3. The third-order valence-electron chi connectivity index (χ3n) is 5.96. The van der Waals surface area contributed by atoms with Crippen molar-refractivity contribution in [2.75, 3.05) is 19.8 Å². The standard InChI is InChI=1S/C25H23N3O5S/c1-25(17-9-10-18-19(14-17)33-12-11-32-18)23(30)28(24(31)27-25)15-21(29)26-22(20-8-5-13-34-20)16-6-3-2-4-7-16/h2-10,13-14,22H,11-12,15H2,1H3,(H,26,29)(H,27,31)/t22-,25-/m0/s1. The molecule has 0 saturated carbocycles. The molecule has 8 nitrogen and oxygen atoms in total. The molecule has 0 radical (unpaired) electrons. The second-order valence-electron chi connectivity index (χ2n) is 8.23. The van der Waals surface area contributed by atoms with Crippen LogP contribution in [0.15, 0.2) is 66.0 Å². The fourth-order valence-corrected chi connectivity index (χ4v) is 4.96. The Kier molecular flexibility index (Phi) is 5.70. The van der Waals surface area contributed by atoms with Crippen molar-refractivity contribution in [2.24, 2.45) is 0 Å². The summed E-state index contributed by atoms with van der Waals surface area (Å²) in [6.07, 6.45) is 0. The van der Waals surface area contributed by atoms with Gasteiger partial charge in [-0.3, -0.25) is 14.5 Å². The number of imide groups is 1. The molecule has 0 spiro atoms. The van der Waals surface area contributed by atoms with Crippen molar-refractivity contribution in [1.82, 2.24) is 15.5 Å². The van der Waals surface area contributed by atoms with Gasteiger partial charge < -0.3 is 20.1 Å². The molecule has 1 fully saturated rings. The molecule has 3 heterocycles. The third kappa shape index (κ3) is 3.99. The van der Waals surface area contributed by atoms with Gasteiger partial charge in [-0.2, -0.15) is 0 Å². The van der Waals surface area contributed by atoms with Crippen LogP contribution in [0.25, 0.3) is 0 Å². The lowest BCUT2D eigenvalue weighted by Crippen LogP contribution is -2.44. The second kappa shape index (κ2) is 8.83. The summed E-state index contributed by atoms with van der Waals surface area (Å²) in [6, 6.07) is 17.6. The molecule has 1 aromatic heterocycles. The van der Waals surface area contributed by atoms with Gasteiger partial charge in [0.25, 0.3) is 5.91 Å². The Labute approximate surface area is 200 Å². The topological polar surface area (TPSA) is 97.0 Å². The molecule has 5 rings (SSSR count). The highest BCUT2D eigenvalue weighted by atomic mass is 32.1. The molecule has 2 atom stereocenters. The number of fused-ring (bicyclic) bond motifs is 1. The molecule has 2 aliphatic heterocycles. The molecule has 2 aliphatic rings. The normalized spacial score (nSPS) is 20.1. The number of rotatable bonds is 6. The number of hydrogen-bond donors (Lipinski definition) is 2. The van der Waals surface area contributed by atoms with E-state index >= 15 is 0 Å². The zero-order chi connectivity index (χ0) is 23.7. The van der Waals surface area contributed by atoms with E-state index in [9.17, 15) is 14.4 Å². The smallest absolute Gasteiger partial charge is 0.325 e. The molecular weight excluding hydrogens is 454 g/mol. The van der Waals surface area contributed by atoms with Crippen LogP contribution in [0.5, 0.6) is 11.5 Å². The minimum Gasteiger partial charge on any atom is -0.486 e. The zero-order valence-corrected chi connectivity index (χ0v) is 19.3. The van der Waals surface area contributed by atoms with Crippen LogP contribution >= 0.6 is 11.3 Å². The van der Waals surface area contributed by atoms with Crippen LogP contribution in [-0.4, -0.2) is 42.5 Å². The quantitative estimate of drug-likeness (QED) is 0.532. The lowest BCUT2D eigenvalue weighted by atomic mass is 9.91. The third-order valence-corrected chi connectivity index (χ3v) is 6.90. The number of ether oxygens (including phenoxy) is 2. The van der Waals surface area contributed by atoms with E-state index in [-0.39, 0.29) is 12.6 Å². The van der Waals surface area contributed by atoms with Crippen LogP contribution in [0, 0.1) is 0 Å². The van der Waals surface area contributed by atoms with E-state index in [1.54, 1.807) is 25.1 Å². The van der Waals surface area contributed by atoms with Gasteiger partial charge in [-0.1, -0.05) is 42.5 Å². The van der Waals surface area contributed by atoms with Crippen molar-refractivity contribution in [3.63, 3.8) is 0 Å². The summed E-state index contributed by atoms with van der Waals surface area (Å²) >= 11 is 1.52. The Morgan fingerprint density at radius 2 is 1.85 bits per heavy atom. The van der Waals surface area contributed by atoms with Gasteiger partial charge in [0.1, 0.15) is 25.3 Å². The van der Waals surface area contributed by atoms with Crippen molar-refractivity contribution in [1.29, 1.82) is 0 Å². The van der Waals surface area contributed by atoms with Gasteiger partial charge in [-0.05, 0) is 41.6 Å². The van der Waals surface area contributed by atoms with E-state index in [2.05, 4.69) is 10.6 Å². The molecule has 174 valence electrons. The van der Waals surface area contributed by atoms with Gasteiger partial charge in [-0.15, -0.1) is 11.3 Å². The number of hydrogen-bond acceptors (Lipinski definition) is 6. The summed E-state index contributed by atoms with van der Waals surface area (Å²) in [5, 5.41) is 7.65. The molecule has 34 heavy (non-hydrogen) atoms. The maximum Gasteiger partial charge on any atom is 0.325 e. The number of thiophene rings is 1. The number of amides is 4. The van der Waals surface area contributed by atoms with E-state index in [1.165, 1.54) is 11.3 Å². The SMILES string of the molecule is C[C@@]1(c2ccc3c(c2)OCCO3)NC(=O)N(CC(=O)N[C@@H](c2ccccc2)c2cccs2)C1=O. The van der Waals surface area contributed by atoms with Crippen molar-refractivity contribution >= 4 is 29.2 Å². The molecule has 9 heteroatoms. The maximum atomic E-state index is 13.3. The van der Waals surface area contributed by atoms with Crippen LogP contribution in [0.3, 0.4) is 0 Å². The number of nitrogens with zero attached hydrogens (tertiary/aromatic N) is 1. The minimum atomic E-state index is -1.32. The molecule has 0 bridgehead atoms. The highest BCUT2D eigenvalue weighted by molar-refractivity contribution is 7.10. The van der Waals surface area contributed by atoms with E-state index < -0.39 is 23.4 Å². The summed E-state index contributed by atoms with van der Waals surface area (Å²) in [4.78, 5) is 41.0. The minimum absolute atomic E-state index is 0.376. The van der Waals surface area contributed by atoms with Crippen molar-refractivity contribution in [3.8, 4) is 11.5 Å². The Hall–Kier alpha value is -3.85. The van der Waals surface area contributed by atoms with Crippen LogP contribution in [0.1, 0.15) is 29.0 Å². The Morgan fingerprint density at radius 3 is 2.59 bits per heavy atom. The fourth-order valence-electron chi connectivity index (χ4n) is 4.16. The lowest BCUT2D eigenvalue weighted by Gasteiger charge is -2.25. The number of carbonyl (C=O) groups is 3. The average Bonchev–Trinajstić information content (AvgIpc) is 3.46. The number of urea groups is 1. The molecule has 3 aromatic rings. The van der Waals surface area contributed by atoms with Crippen LogP contribution < -0.4 is 20.1 Å². The summed E-state index contributed by atoms with van der Waals surface area (Å²) in [7, 11) is 0. The Balaban J connectivity index is 1.34. The first-order valence-electron chi connectivity index (χ1n) is 10.9. The van der Waals surface area contributed by atoms with Gasteiger partial charge in [-0.25, -0.2) is 4.79 Å². The first-order valence-corrected chi connectivity index (χ1v) is 11.8.